The van der Waals surface area contributed by atoms with E-state index in [0.717, 1.165) is 17.5 Å². The van der Waals surface area contributed by atoms with Gasteiger partial charge in [-0.3, -0.25) is 0 Å². The predicted octanol–water partition coefficient (Wildman–Crippen LogP) is 4.57. The Morgan fingerprint density at radius 2 is 2.12 bits per heavy atom. The van der Waals surface area contributed by atoms with Crippen molar-refractivity contribution in [2.24, 2.45) is 0 Å². The zero-order valence-corrected chi connectivity index (χ0v) is 10.5. The fraction of sp³-hybridized carbons (Fsp3) is 0.133. The van der Waals surface area contributed by atoms with Crippen LogP contribution in [0.5, 0.6) is 0 Å². The summed E-state index contributed by atoms with van der Waals surface area (Å²) in [5, 5.41) is 11.1. The molecule has 84 valence electrons. The summed E-state index contributed by atoms with van der Waals surface area (Å²) >= 11 is 1.74. The van der Waals surface area contributed by atoms with Crippen LogP contribution < -0.4 is 0 Å². The van der Waals surface area contributed by atoms with E-state index in [2.05, 4.69) is 36.6 Å². The van der Waals surface area contributed by atoms with Crippen molar-refractivity contribution in [3.63, 3.8) is 0 Å². The Hall–Kier alpha value is -1.85. The van der Waals surface area contributed by atoms with Crippen LogP contribution in [0, 0.1) is 11.3 Å². The summed E-state index contributed by atoms with van der Waals surface area (Å²) in [4.78, 5) is 1.28. The van der Waals surface area contributed by atoms with Crippen LogP contribution in [0.15, 0.2) is 41.8 Å². The summed E-state index contributed by atoms with van der Waals surface area (Å²) in [6.45, 7) is 2.14. The molecule has 0 bridgehead atoms. The predicted molar refractivity (Wildman–Crippen MR) is 73.6 cm³/mol. The third-order valence-electron chi connectivity index (χ3n) is 2.63. The molecule has 17 heavy (non-hydrogen) atoms. The van der Waals surface area contributed by atoms with Gasteiger partial charge in [0.1, 0.15) is 0 Å². The van der Waals surface area contributed by atoms with Gasteiger partial charge in [-0.15, -0.1) is 11.3 Å². The van der Waals surface area contributed by atoms with Crippen LogP contribution in [0.25, 0.3) is 11.6 Å². The van der Waals surface area contributed by atoms with Crippen LogP contribution in [-0.2, 0) is 0 Å². The fourth-order valence-corrected chi connectivity index (χ4v) is 2.54. The topological polar surface area (TPSA) is 23.8 Å². The van der Waals surface area contributed by atoms with E-state index in [1.165, 1.54) is 10.5 Å². The van der Waals surface area contributed by atoms with E-state index in [-0.39, 0.29) is 0 Å². The van der Waals surface area contributed by atoms with Crippen molar-refractivity contribution in [1.82, 2.24) is 0 Å². The van der Waals surface area contributed by atoms with Gasteiger partial charge in [-0.1, -0.05) is 31.2 Å². The fourth-order valence-electron chi connectivity index (χ4n) is 1.72. The monoisotopic (exact) mass is 239 g/mol. The molecule has 0 saturated carbocycles. The first-order valence-electron chi connectivity index (χ1n) is 5.58. The van der Waals surface area contributed by atoms with Gasteiger partial charge in [0.25, 0.3) is 0 Å². The lowest BCUT2D eigenvalue weighted by atomic mass is 10.0. The minimum absolute atomic E-state index is 0.731. The van der Waals surface area contributed by atoms with Crippen molar-refractivity contribution in [1.29, 1.82) is 5.26 Å². The molecule has 2 rings (SSSR count). The molecule has 1 aromatic carbocycles. The van der Waals surface area contributed by atoms with E-state index in [0.29, 0.717) is 0 Å². The zero-order chi connectivity index (χ0) is 12.1. The van der Waals surface area contributed by atoms with E-state index >= 15 is 0 Å². The molecule has 0 atom stereocenters. The lowest BCUT2D eigenvalue weighted by molar-refractivity contribution is 1.26. The second kappa shape index (κ2) is 5.47. The van der Waals surface area contributed by atoms with Crippen molar-refractivity contribution < 1.29 is 0 Å². The van der Waals surface area contributed by atoms with Crippen LogP contribution in [0.3, 0.4) is 0 Å². The number of allylic oxidation sites excluding steroid dienone is 1. The summed E-state index contributed by atoms with van der Waals surface area (Å²) in [5.41, 5.74) is 3.01. The highest BCUT2D eigenvalue weighted by atomic mass is 32.1. The average molecular weight is 239 g/mol. The second-order valence-corrected chi connectivity index (χ2v) is 4.65. The van der Waals surface area contributed by atoms with Gasteiger partial charge in [0.15, 0.2) is 0 Å². The molecule has 2 heteroatoms. The van der Waals surface area contributed by atoms with Gasteiger partial charge < -0.3 is 0 Å². The molecular weight excluding hydrogens is 226 g/mol. The van der Waals surface area contributed by atoms with Crippen molar-refractivity contribution in [3.8, 4) is 6.07 Å². The van der Waals surface area contributed by atoms with E-state index in [9.17, 15) is 0 Å². The maximum atomic E-state index is 9.06. The smallest absolute Gasteiger partial charge is 0.0997 e. The Labute approximate surface area is 106 Å². The number of nitriles is 1. The number of hydrogen-bond donors (Lipinski definition) is 0. The second-order valence-electron chi connectivity index (χ2n) is 3.70. The molecule has 0 fully saturated rings. The maximum Gasteiger partial charge on any atom is 0.0997 e. The van der Waals surface area contributed by atoms with Crippen molar-refractivity contribution in [2.75, 3.05) is 0 Å². The highest BCUT2D eigenvalue weighted by molar-refractivity contribution is 7.11. The summed E-state index contributed by atoms with van der Waals surface area (Å²) in [5.74, 6) is 0. The van der Waals surface area contributed by atoms with E-state index < -0.39 is 0 Å². The molecule has 0 unspecified atom stereocenters. The Morgan fingerprint density at radius 3 is 2.76 bits per heavy atom. The average Bonchev–Trinajstić information content (AvgIpc) is 2.90. The van der Waals surface area contributed by atoms with Gasteiger partial charge >= 0.3 is 0 Å². The molecule has 0 saturated heterocycles. The molecule has 0 aliphatic heterocycles. The van der Waals surface area contributed by atoms with Gasteiger partial charge in [0.2, 0.25) is 0 Å². The third kappa shape index (κ3) is 2.64. The van der Waals surface area contributed by atoms with Gasteiger partial charge in [0.05, 0.1) is 11.6 Å². The largest absolute Gasteiger partial charge is 0.192 e. The van der Waals surface area contributed by atoms with Crippen molar-refractivity contribution in [2.45, 2.75) is 13.3 Å². The zero-order valence-electron chi connectivity index (χ0n) is 9.68. The molecular formula is C15H13NS. The van der Waals surface area contributed by atoms with Gasteiger partial charge in [-0.2, -0.15) is 5.26 Å². The van der Waals surface area contributed by atoms with Crippen LogP contribution in [-0.4, -0.2) is 0 Å². The number of benzene rings is 1. The third-order valence-corrected chi connectivity index (χ3v) is 3.57. The molecule has 0 aliphatic carbocycles. The molecule has 1 nitrogen and oxygen atoms in total. The minimum Gasteiger partial charge on any atom is -0.192 e. The Balaban J connectivity index is 2.44. The van der Waals surface area contributed by atoms with Crippen LogP contribution in [0.2, 0.25) is 0 Å². The molecule has 0 aliphatic rings. The summed E-state index contributed by atoms with van der Waals surface area (Å²) in [6.07, 6.45) is 3.09. The molecule has 1 aromatic heterocycles. The lowest BCUT2D eigenvalue weighted by Gasteiger charge is -2.03. The molecule has 1 heterocycles. The summed E-state index contributed by atoms with van der Waals surface area (Å²) in [7, 11) is 0. The Bertz CT molecular complexity index is 559. The van der Waals surface area contributed by atoms with Gasteiger partial charge in [-0.25, -0.2) is 0 Å². The van der Waals surface area contributed by atoms with Gasteiger partial charge in [0, 0.05) is 4.88 Å². The first-order valence-corrected chi connectivity index (χ1v) is 6.46. The Kier molecular flexibility index (Phi) is 3.74. The minimum atomic E-state index is 0.731. The van der Waals surface area contributed by atoms with E-state index in [1.807, 2.05) is 24.3 Å². The molecule has 2 aromatic rings. The Morgan fingerprint density at radius 1 is 1.29 bits per heavy atom. The van der Waals surface area contributed by atoms with Crippen LogP contribution in [0.1, 0.15) is 29.3 Å². The standard InChI is InChI=1S/C15H13NS/c1-2-12(15-8-5-9-17-15)10-13-6-3-4-7-14(13)11-16/h3-10H,2H2,1H3. The van der Waals surface area contributed by atoms with Crippen molar-refractivity contribution in [3.05, 3.63) is 57.8 Å². The molecule has 0 radical (unpaired) electrons. The lowest BCUT2D eigenvalue weighted by Crippen LogP contribution is -1.83. The first-order chi connectivity index (χ1) is 8.35. The quantitative estimate of drug-likeness (QED) is 0.769. The van der Waals surface area contributed by atoms with E-state index in [1.54, 1.807) is 11.3 Å². The molecule has 0 amide bonds. The maximum absolute atomic E-state index is 9.06. The number of thiophene rings is 1. The van der Waals surface area contributed by atoms with Crippen molar-refractivity contribution >= 4 is 23.0 Å². The van der Waals surface area contributed by atoms with Crippen LogP contribution >= 0.6 is 11.3 Å². The van der Waals surface area contributed by atoms with Crippen LogP contribution in [0.4, 0.5) is 0 Å². The van der Waals surface area contributed by atoms with E-state index in [4.69, 9.17) is 5.26 Å². The molecule has 0 spiro atoms. The normalized spacial score (nSPS) is 11.2. The first kappa shape index (κ1) is 11.6. The highest BCUT2D eigenvalue weighted by Crippen LogP contribution is 2.26. The number of hydrogen-bond acceptors (Lipinski definition) is 2. The summed E-state index contributed by atoms with van der Waals surface area (Å²) < 4.78 is 0. The highest BCUT2D eigenvalue weighted by Gasteiger charge is 2.03. The SMILES string of the molecule is CCC(=Cc1ccccc1C#N)c1cccs1. The summed E-state index contributed by atoms with van der Waals surface area (Å²) in [6, 6.07) is 14.1. The molecule has 0 N–H and O–H groups in total. The van der Waals surface area contributed by atoms with Gasteiger partial charge in [-0.05, 0) is 41.1 Å². The number of rotatable bonds is 3. The number of nitrogens with zero attached hydrogens (tertiary/aromatic N) is 1.